The van der Waals surface area contributed by atoms with Gasteiger partial charge in [0, 0.05) is 109 Å². The van der Waals surface area contributed by atoms with Crippen LogP contribution in [0.5, 0.6) is 0 Å². The number of rotatable bonds is 30. The van der Waals surface area contributed by atoms with E-state index in [4.69, 9.17) is 0 Å². The Kier molecular flexibility index (Phi) is 27.9. The lowest BCUT2D eigenvalue weighted by molar-refractivity contribution is -0.140. The number of nitrogens with one attached hydrogen (secondary N) is 6. The molecule has 0 aliphatic carbocycles. The molecule has 2 aliphatic heterocycles. The Bertz CT molecular complexity index is 2490. The van der Waals surface area contributed by atoms with E-state index < -0.39 is 85.0 Å². The van der Waals surface area contributed by atoms with E-state index in [2.05, 4.69) is 36.9 Å². The molecule has 1 aromatic heterocycles. The molecule has 26 nitrogen and oxygen atoms in total. The Labute approximate surface area is 468 Å². The third kappa shape index (κ3) is 26.4. The molecule has 7 amide bonds. The molecule has 81 heavy (non-hydrogen) atoms. The topological polar surface area (TPSA) is 356 Å². The number of amides is 7. The normalized spacial score (nSPS) is 16.8. The number of nitriles is 1. The second-order valence-electron chi connectivity index (χ2n) is 20.0. The van der Waals surface area contributed by atoms with Crippen LogP contribution in [0.25, 0.3) is 0 Å². The van der Waals surface area contributed by atoms with Crippen molar-refractivity contribution in [3.8, 4) is 6.07 Å². The van der Waals surface area contributed by atoms with Crippen molar-refractivity contribution in [1.82, 2.24) is 61.4 Å². The van der Waals surface area contributed by atoms with E-state index in [1.54, 1.807) is 25.7 Å². The Balaban J connectivity index is 1.28. The van der Waals surface area contributed by atoms with E-state index >= 15 is 0 Å². The molecule has 28 heteroatoms. The minimum atomic E-state index is -3.22. The van der Waals surface area contributed by atoms with Crippen LogP contribution in [0.2, 0.25) is 0 Å². The molecular formula is C53H75F2N13O13. The summed E-state index contributed by atoms with van der Waals surface area (Å²) < 4.78 is 27.6. The quantitative estimate of drug-likeness (QED) is 0.0414. The maximum absolute atomic E-state index is 13.8. The summed E-state index contributed by atoms with van der Waals surface area (Å²) in [5.41, 5.74) is 2.53. The maximum atomic E-state index is 13.8. The molecule has 2 fully saturated rings. The SMILES string of the molecule is Cc1ccc(CCCC(=O)NCCNC(=O)C(CCCCNC(=O)CN2CCN(CC(=O)O)CCN(CC(=O)O)CCN(CC(=O)O)CC2)NC(=O)CCC(=O)NCc2cc(C(=O)NCC(=O)N3CC(F)(F)C[C@H]3C#N)ccn2)cc1. The van der Waals surface area contributed by atoms with Crippen molar-refractivity contribution in [1.29, 1.82) is 5.26 Å². The zero-order valence-electron chi connectivity index (χ0n) is 45.6. The fourth-order valence-corrected chi connectivity index (χ4v) is 8.86. The first-order valence-electron chi connectivity index (χ1n) is 26.9. The summed E-state index contributed by atoms with van der Waals surface area (Å²) in [6, 6.07) is 9.97. The van der Waals surface area contributed by atoms with E-state index in [0.717, 1.165) is 17.5 Å². The molecule has 0 saturated carbocycles. The number of aliphatic carboxylic acids is 3. The highest BCUT2D eigenvalue weighted by Gasteiger charge is 2.47. The van der Waals surface area contributed by atoms with Gasteiger partial charge in [0.15, 0.2) is 0 Å². The van der Waals surface area contributed by atoms with Crippen LogP contribution < -0.4 is 31.9 Å². The standard InChI is InChI=1S/C53H75F2N13O13/c1-37-8-10-38(11-9-37)5-4-7-43(69)59-17-18-60-52(81)42(63-45(71)13-12-44(70)61-30-40-27-39(14-16-57-40)51(80)62-31-47(73)68-36-53(54,55)28-41(68)29-56)6-2-3-15-58-46(72)32-64-19-21-65(33-48(74)75)23-25-67(35-50(78)79)26-24-66(22-20-64)34-49(76)77/h8-11,14,16,27,41-42H,2-7,12-13,15,17-26,28,30-36H2,1H3,(H,58,72)(H,59,69)(H,60,81)(H,61,70)(H,62,80)(H,63,71)(H,74,75)(H,76,77)(H,78,79)/t41-,42?/m0/s1. The van der Waals surface area contributed by atoms with Crippen molar-refractivity contribution in [3.05, 3.63) is 65.0 Å². The first kappa shape index (κ1) is 65.8. The van der Waals surface area contributed by atoms with E-state index in [1.807, 2.05) is 31.2 Å². The second-order valence-corrected chi connectivity index (χ2v) is 20.0. The third-order valence-corrected chi connectivity index (χ3v) is 13.3. The summed E-state index contributed by atoms with van der Waals surface area (Å²) in [7, 11) is 0. The van der Waals surface area contributed by atoms with Gasteiger partial charge in [-0.3, -0.25) is 72.5 Å². The minimum Gasteiger partial charge on any atom is -0.480 e. The van der Waals surface area contributed by atoms with Gasteiger partial charge < -0.3 is 52.1 Å². The predicted molar refractivity (Wildman–Crippen MR) is 286 cm³/mol. The van der Waals surface area contributed by atoms with Crippen LogP contribution in [0.4, 0.5) is 8.78 Å². The molecule has 3 heterocycles. The fourth-order valence-electron chi connectivity index (χ4n) is 8.86. The number of pyridine rings is 1. The number of aryl methyl sites for hydroxylation is 2. The summed E-state index contributed by atoms with van der Waals surface area (Å²) in [6.07, 6.45) is 2.31. The van der Waals surface area contributed by atoms with Gasteiger partial charge >= 0.3 is 17.9 Å². The van der Waals surface area contributed by atoms with E-state index in [1.165, 1.54) is 18.3 Å². The molecule has 2 atom stereocenters. The first-order valence-corrected chi connectivity index (χ1v) is 26.9. The molecule has 444 valence electrons. The number of halogens is 2. The Morgan fingerprint density at radius 3 is 1.79 bits per heavy atom. The average molecular weight is 1140 g/mol. The van der Waals surface area contributed by atoms with E-state index in [0.29, 0.717) is 24.2 Å². The van der Waals surface area contributed by atoms with Crippen LogP contribution in [-0.2, 0) is 56.1 Å². The molecule has 9 N–H and O–H groups in total. The van der Waals surface area contributed by atoms with Gasteiger partial charge in [0.05, 0.1) is 57.6 Å². The highest BCUT2D eigenvalue weighted by molar-refractivity contribution is 5.96. The summed E-state index contributed by atoms with van der Waals surface area (Å²) in [5, 5.41) is 53.6. The molecule has 2 aliphatic rings. The molecule has 4 rings (SSSR count). The van der Waals surface area contributed by atoms with Gasteiger partial charge in [0.25, 0.3) is 11.8 Å². The van der Waals surface area contributed by atoms with Crippen molar-refractivity contribution in [2.75, 3.05) is 111 Å². The number of alkyl halides is 2. The summed E-state index contributed by atoms with van der Waals surface area (Å²) in [4.78, 5) is 137. The Morgan fingerprint density at radius 1 is 0.667 bits per heavy atom. The van der Waals surface area contributed by atoms with E-state index in [-0.39, 0.29) is 153 Å². The number of unbranched alkanes of at least 4 members (excludes halogenated alkanes) is 1. The average Bonchev–Trinajstić information content (AvgIpc) is 3.81. The summed E-state index contributed by atoms with van der Waals surface area (Å²) in [6.45, 7) is 1.38. The van der Waals surface area contributed by atoms with Crippen LogP contribution in [0.15, 0.2) is 42.6 Å². The maximum Gasteiger partial charge on any atom is 0.317 e. The molecule has 2 aromatic rings. The van der Waals surface area contributed by atoms with Gasteiger partial charge in [-0.25, -0.2) is 8.78 Å². The van der Waals surface area contributed by atoms with Crippen LogP contribution in [0.1, 0.15) is 78.5 Å². The van der Waals surface area contributed by atoms with Crippen LogP contribution in [-0.4, -0.2) is 233 Å². The number of benzene rings is 1. The largest absolute Gasteiger partial charge is 0.480 e. The summed E-state index contributed by atoms with van der Waals surface area (Å²) in [5.74, 6) is -10.4. The number of carbonyl (C=O) groups is 10. The van der Waals surface area contributed by atoms with Crippen molar-refractivity contribution in [2.24, 2.45) is 0 Å². The first-order chi connectivity index (χ1) is 38.6. The minimum absolute atomic E-state index is 0.0449. The molecule has 0 radical (unpaired) electrons. The van der Waals surface area contributed by atoms with Gasteiger partial charge in [-0.05, 0) is 56.7 Å². The fraction of sp³-hybridized carbons (Fsp3) is 0.585. The van der Waals surface area contributed by atoms with Crippen LogP contribution in [0.3, 0.4) is 0 Å². The Morgan fingerprint density at radius 2 is 1.21 bits per heavy atom. The zero-order chi connectivity index (χ0) is 59.3. The van der Waals surface area contributed by atoms with Crippen LogP contribution >= 0.6 is 0 Å². The predicted octanol–water partition coefficient (Wildman–Crippen LogP) is -1.22. The summed E-state index contributed by atoms with van der Waals surface area (Å²) >= 11 is 0. The van der Waals surface area contributed by atoms with Gasteiger partial charge in [-0.1, -0.05) is 29.8 Å². The lowest BCUT2D eigenvalue weighted by Crippen LogP contribution is -2.49. The Hall–Kier alpha value is -7.74. The smallest absolute Gasteiger partial charge is 0.317 e. The van der Waals surface area contributed by atoms with E-state index in [9.17, 15) is 77.3 Å². The highest BCUT2D eigenvalue weighted by Crippen LogP contribution is 2.31. The zero-order valence-corrected chi connectivity index (χ0v) is 45.6. The molecule has 1 aromatic carbocycles. The molecule has 0 spiro atoms. The number of carbonyl (C=O) groups excluding carboxylic acids is 7. The number of aromatic nitrogens is 1. The lowest BCUT2D eigenvalue weighted by atomic mass is 10.1. The number of nitrogens with zero attached hydrogens (tertiary/aromatic N) is 7. The number of likely N-dealkylation sites (tertiary alicyclic amines) is 1. The number of carboxylic acids is 3. The number of hydrogen-bond donors (Lipinski definition) is 9. The highest BCUT2D eigenvalue weighted by atomic mass is 19.3. The number of carboxylic acid groups (broad SMARTS) is 3. The van der Waals surface area contributed by atoms with Crippen molar-refractivity contribution in [3.63, 3.8) is 0 Å². The monoisotopic (exact) mass is 1140 g/mol. The number of hydrogen-bond acceptors (Lipinski definition) is 16. The van der Waals surface area contributed by atoms with Gasteiger partial charge in [-0.2, -0.15) is 5.26 Å². The van der Waals surface area contributed by atoms with Gasteiger partial charge in [0.2, 0.25) is 35.4 Å². The van der Waals surface area contributed by atoms with Crippen molar-refractivity contribution >= 4 is 59.3 Å². The third-order valence-electron chi connectivity index (χ3n) is 13.3. The van der Waals surface area contributed by atoms with Crippen LogP contribution in [0, 0.1) is 18.3 Å². The molecule has 2 saturated heterocycles. The molecule has 1 unspecified atom stereocenters. The van der Waals surface area contributed by atoms with Crippen molar-refractivity contribution in [2.45, 2.75) is 89.3 Å². The second kappa shape index (κ2) is 34.4. The lowest BCUT2D eigenvalue weighted by Gasteiger charge is -2.32. The molecular weight excluding hydrogens is 1060 g/mol. The van der Waals surface area contributed by atoms with Crippen molar-refractivity contribution < 1.29 is 72.0 Å². The van der Waals surface area contributed by atoms with Gasteiger partial charge in [0.1, 0.15) is 12.1 Å². The molecule has 0 bridgehead atoms. The van der Waals surface area contributed by atoms with Gasteiger partial charge in [-0.15, -0.1) is 0 Å².